The first-order valence-corrected chi connectivity index (χ1v) is 3.80. The Morgan fingerprint density at radius 3 is 1.67 bits per heavy atom. The van der Waals surface area contributed by atoms with E-state index in [0.717, 1.165) is 0 Å². The molecule has 0 unspecified atom stereocenters. The maximum atomic E-state index is 9.58. The van der Waals surface area contributed by atoms with Crippen molar-refractivity contribution in [2.45, 2.75) is 20.3 Å². The largest absolute Gasteiger partial charge is 0.288 e. The molecule has 0 saturated carbocycles. The minimum absolute atomic E-state index is 0.137. The fourth-order valence-electron chi connectivity index (χ4n) is 0. The van der Waals surface area contributed by atoms with Crippen molar-refractivity contribution in [1.29, 1.82) is 0 Å². The molecule has 0 aliphatic rings. The Balaban J connectivity index is 0. The van der Waals surface area contributed by atoms with E-state index in [2.05, 4.69) is 0 Å². The van der Waals surface area contributed by atoms with Gasteiger partial charge in [0, 0.05) is 13.3 Å². The number of rotatable bonds is 1. The molecule has 0 aliphatic carbocycles. The Labute approximate surface area is 73.1 Å². The summed E-state index contributed by atoms with van der Waals surface area (Å²) in [4.78, 5) is 19.0. The summed E-state index contributed by atoms with van der Waals surface area (Å²) in [6.07, 6.45) is 0.432. The van der Waals surface area contributed by atoms with Crippen LogP contribution in [0.25, 0.3) is 0 Å². The van der Waals surface area contributed by atoms with Crippen molar-refractivity contribution in [3.8, 4) is 0 Å². The van der Waals surface area contributed by atoms with Crippen LogP contribution in [0.3, 0.4) is 0 Å². The summed E-state index contributed by atoms with van der Waals surface area (Å²) in [6.45, 7) is 3.23. The smallest absolute Gasteiger partial charge is 0.221 e. The first kappa shape index (κ1) is 12.1. The SMILES string of the molecule is CC(=O)I.CCC(=O)Cl. The third-order valence-corrected chi connectivity index (χ3v) is 0.545. The Morgan fingerprint density at radius 1 is 1.56 bits per heavy atom. The summed E-state index contributed by atoms with van der Waals surface area (Å²) in [5.74, 6) is 0. The first-order valence-electron chi connectivity index (χ1n) is 2.35. The molecule has 0 fully saturated rings. The fraction of sp³-hybridized carbons (Fsp3) is 0.600. The Hall–Kier alpha value is 0.360. The first-order chi connectivity index (χ1) is 4.00. The van der Waals surface area contributed by atoms with Crippen molar-refractivity contribution in [3.63, 3.8) is 0 Å². The monoisotopic (exact) mass is 262 g/mol. The van der Waals surface area contributed by atoms with E-state index in [0.29, 0.717) is 6.42 Å². The second-order valence-electron chi connectivity index (χ2n) is 1.18. The van der Waals surface area contributed by atoms with E-state index >= 15 is 0 Å². The van der Waals surface area contributed by atoms with Crippen molar-refractivity contribution >= 4 is 43.2 Å². The lowest BCUT2D eigenvalue weighted by atomic mass is 10.6. The molecule has 0 aromatic carbocycles. The van der Waals surface area contributed by atoms with Gasteiger partial charge in [0.05, 0.1) is 0 Å². The Bertz CT molecular complexity index is 99.1. The van der Waals surface area contributed by atoms with Gasteiger partial charge in [-0.05, 0) is 34.2 Å². The molecule has 0 radical (unpaired) electrons. The van der Waals surface area contributed by atoms with Crippen molar-refractivity contribution in [1.82, 2.24) is 0 Å². The highest BCUT2D eigenvalue weighted by Crippen LogP contribution is 1.81. The number of carbonyl (C=O) groups excluding carboxylic acids is 2. The van der Waals surface area contributed by atoms with Crippen LogP contribution >= 0.6 is 34.2 Å². The molecule has 0 heterocycles. The van der Waals surface area contributed by atoms with Crippen LogP contribution in [0.15, 0.2) is 0 Å². The molecule has 0 aliphatic heterocycles. The van der Waals surface area contributed by atoms with Gasteiger partial charge < -0.3 is 0 Å². The molecule has 0 bridgehead atoms. The van der Waals surface area contributed by atoms with Crippen molar-refractivity contribution < 1.29 is 9.59 Å². The van der Waals surface area contributed by atoms with Gasteiger partial charge in [-0.3, -0.25) is 9.59 Å². The number of hydrogen-bond acceptors (Lipinski definition) is 2. The minimum atomic E-state index is -0.273. The van der Waals surface area contributed by atoms with Gasteiger partial charge in [-0.15, -0.1) is 0 Å². The van der Waals surface area contributed by atoms with Crippen LogP contribution < -0.4 is 0 Å². The quantitative estimate of drug-likeness (QED) is 0.536. The minimum Gasteiger partial charge on any atom is -0.288 e. The average molecular weight is 262 g/mol. The van der Waals surface area contributed by atoms with E-state index in [4.69, 9.17) is 11.6 Å². The molecule has 0 rings (SSSR count). The third-order valence-electron chi connectivity index (χ3n) is 0.278. The van der Waals surface area contributed by atoms with Crippen molar-refractivity contribution in [2.75, 3.05) is 0 Å². The Morgan fingerprint density at radius 2 is 1.67 bits per heavy atom. The number of hydrogen-bond donors (Lipinski definition) is 0. The topological polar surface area (TPSA) is 34.1 Å². The predicted octanol–water partition coefficient (Wildman–Crippen LogP) is 2.13. The molecule has 0 spiro atoms. The van der Waals surface area contributed by atoms with Gasteiger partial charge in [-0.2, -0.15) is 0 Å². The van der Waals surface area contributed by atoms with E-state index in [9.17, 15) is 9.59 Å². The molecule has 0 amide bonds. The molecule has 4 heteroatoms. The second-order valence-corrected chi connectivity index (χ2v) is 3.12. The highest BCUT2D eigenvalue weighted by Gasteiger charge is 1.81. The molecule has 0 atom stereocenters. The lowest BCUT2D eigenvalue weighted by molar-refractivity contribution is -0.111. The third kappa shape index (κ3) is 60.7. The predicted molar refractivity (Wildman–Crippen MR) is 45.9 cm³/mol. The maximum absolute atomic E-state index is 9.58. The second kappa shape index (κ2) is 8.36. The van der Waals surface area contributed by atoms with E-state index < -0.39 is 0 Å². The van der Waals surface area contributed by atoms with Crippen LogP contribution in [0.2, 0.25) is 0 Å². The van der Waals surface area contributed by atoms with Crippen LogP contribution in [0.5, 0.6) is 0 Å². The summed E-state index contributed by atoms with van der Waals surface area (Å²) < 4.78 is 0.137. The molecule has 0 N–H and O–H groups in total. The summed E-state index contributed by atoms with van der Waals surface area (Å²) >= 11 is 6.53. The fourth-order valence-corrected chi connectivity index (χ4v) is 0. The maximum Gasteiger partial charge on any atom is 0.221 e. The van der Waals surface area contributed by atoms with Gasteiger partial charge in [0.2, 0.25) is 5.24 Å². The van der Waals surface area contributed by atoms with Gasteiger partial charge in [-0.1, -0.05) is 6.92 Å². The zero-order valence-corrected chi connectivity index (χ0v) is 8.19. The van der Waals surface area contributed by atoms with E-state index in [1.807, 2.05) is 0 Å². The highest BCUT2D eigenvalue weighted by molar-refractivity contribution is 14.1. The van der Waals surface area contributed by atoms with Gasteiger partial charge in [0.25, 0.3) is 0 Å². The number of halogens is 2. The number of carbonyl (C=O) groups is 2. The van der Waals surface area contributed by atoms with Crippen molar-refractivity contribution in [2.24, 2.45) is 0 Å². The zero-order valence-electron chi connectivity index (χ0n) is 5.28. The van der Waals surface area contributed by atoms with Crippen LogP contribution in [0.4, 0.5) is 0 Å². The standard InChI is InChI=1S/C3H5ClO.C2H3IO/c1-2-3(4)5;1-2(3)4/h2H2,1H3;1H3. The molecule has 54 valence electrons. The molecule has 9 heavy (non-hydrogen) atoms. The lowest BCUT2D eigenvalue weighted by Gasteiger charge is -1.68. The van der Waals surface area contributed by atoms with Gasteiger partial charge in [0.1, 0.15) is 0 Å². The van der Waals surface area contributed by atoms with E-state index in [1.54, 1.807) is 29.5 Å². The van der Waals surface area contributed by atoms with Crippen LogP contribution in [0.1, 0.15) is 20.3 Å². The summed E-state index contributed by atoms with van der Waals surface area (Å²) in [6, 6.07) is 0. The summed E-state index contributed by atoms with van der Waals surface area (Å²) in [5.41, 5.74) is 0. The normalized spacial score (nSPS) is 7.11. The van der Waals surface area contributed by atoms with Crippen molar-refractivity contribution in [3.05, 3.63) is 0 Å². The molecule has 0 aromatic rings. The average Bonchev–Trinajstić information content (AvgIpc) is 1.65. The molecule has 0 saturated heterocycles. The Kier molecular flexibility index (Phi) is 11.2. The van der Waals surface area contributed by atoms with Crippen LogP contribution in [-0.4, -0.2) is 9.03 Å². The lowest BCUT2D eigenvalue weighted by Crippen LogP contribution is -1.74. The van der Waals surface area contributed by atoms with E-state index in [-0.39, 0.29) is 9.03 Å². The highest BCUT2D eigenvalue weighted by atomic mass is 127. The molecular formula is C5H8ClIO2. The zero-order chi connectivity index (χ0) is 7.86. The van der Waals surface area contributed by atoms with Gasteiger partial charge >= 0.3 is 0 Å². The summed E-state index contributed by atoms with van der Waals surface area (Å²) in [7, 11) is 0. The van der Waals surface area contributed by atoms with Crippen LogP contribution in [-0.2, 0) is 9.59 Å². The van der Waals surface area contributed by atoms with Gasteiger partial charge in [-0.25, -0.2) is 0 Å². The molecular weight excluding hydrogens is 254 g/mol. The molecule has 0 aromatic heterocycles. The summed E-state index contributed by atoms with van der Waals surface area (Å²) in [5, 5.41) is -0.273. The molecule has 2 nitrogen and oxygen atoms in total. The van der Waals surface area contributed by atoms with Gasteiger partial charge in [0.15, 0.2) is 3.79 Å². The van der Waals surface area contributed by atoms with Crippen LogP contribution in [0, 0.1) is 0 Å². The van der Waals surface area contributed by atoms with E-state index in [1.165, 1.54) is 6.92 Å².